The van der Waals surface area contributed by atoms with Gasteiger partial charge in [0.15, 0.2) is 0 Å². The highest BCUT2D eigenvalue weighted by atomic mass is 16.5. The fraction of sp³-hybridized carbons (Fsp3) is 0.500. The Balaban J connectivity index is 1.24. The summed E-state index contributed by atoms with van der Waals surface area (Å²) >= 11 is 0. The first-order chi connectivity index (χ1) is 19.4. The van der Waals surface area contributed by atoms with E-state index in [0.29, 0.717) is 11.7 Å². The molecule has 40 heavy (non-hydrogen) atoms. The molecule has 0 aromatic carbocycles. The molecule has 0 atom stereocenters. The van der Waals surface area contributed by atoms with Crippen LogP contribution in [-0.4, -0.2) is 77.1 Å². The van der Waals surface area contributed by atoms with Gasteiger partial charge in [-0.25, -0.2) is 9.97 Å². The van der Waals surface area contributed by atoms with Crippen molar-refractivity contribution >= 4 is 23.2 Å². The Hall–Kier alpha value is -3.79. The predicted octanol–water partition coefficient (Wildman–Crippen LogP) is 4.06. The Labute approximate surface area is 235 Å². The summed E-state index contributed by atoms with van der Waals surface area (Å²) in [7, 11) is 1.65. The normalized spacial score (nSPS) is 19.0. The van der Waals surface area contributed by atoms with E-state index < -0.39 is 5.41 Å². The third kappa shape index (κ3) is 5.08. The Morgan fingerprint density at radius 1 is 1.10 bits per heavy atom. The maximum absolute atomic E-state index is 12.6. The standard InChI is InChI=1S/C30H38N8O2/c1-30(2)25-27(36-29(30)39)33-19-34-28(25)38-13-8-20(9-14-38)26-24(32-10-15-37-11-4-5-12-37)7-6-23(35-26)21-16-22(40-3)18-31-17-21/h6-7,16-20,32H,4-5,8-15H2,1-3H3,(H,33,34,36,39). The molecular formula is C30H38N8O2. The van der Waals surface area contributed by atoms with Gasteiger partial charge in [-0.1, -0.05) is 0 Å². The molecule has 0 spiro atoms. The first-order valence-electron chi connectivity index (χ1n) is 14.3. The van der Waals surface area contributed by atoms with Gasteiger partial charge in [-0.05, 0) is 70.8 Å². The van der Waals surface area contributed by atoms with E-state index in [0.717, 1.165) is 78.8 Å². The molecule has 210 valence electrons. The minimum Gasteiger partial charge on any atom is -0.495 e. The molecule has 2 saturated heterocycles. The maximum atomic E-state index is 12.6. The topological polar surface area (TPSA) is 108 Å². The lowest BCUT2D eigenvalue weighted by molar-refractivity contribution is -0.119. The first kappa shape index (κ1) is 26.4. The molecule has 3 aliphatic rings. The van der Waals surface area contributed by atoms with Crippen molar-refractivity contribution < 1.29 is 9.53 Å². The van der Waals surface area contributed by atoms with Gasteiger partial charge in [0.25, 0.3) is 0 Å². The smallest absolute Gasteiger partial charge is 0.235 e. The lowest BCUT2D eigenvalue weighted by Crippen LogP contribution is -2.36. The van der Waals surface area contributed by atoms with E-state index in [1.54, 1.807) is 19.6 Å². The van der Waals surface area contributed by atoms with Crippen molar-refractivity contribution in [2.24, 2.45) is 0 Å². The van der Waals surface area contributed by atoms with E-state index in [4.69, 9.17) is 9.72 Å². The molecular weight excluding hydrogens is 504 g/mol. The quantitative estimate of drug-likeness (QED) is 0.436. The molecule has 10 heteroatoms. The van der Waals surface area contributed by atoms with Crippen molar-refractivity contribution in [3.05, 3.63) is 48.2 Å². The van der Waals surface area contributed by atoms with Gasteiger partial charge in [0.1, 0.15) is 23.7 Å². The van der Waals surface area contributed by atoms with Crippen LogP contribution >= 0.6 is 0 Å². The van der Waals surface area contributed by atoms with Crippen molar-refractivity contribution in [3.63, 3.8) is 0 Å². The second kappa shape index (κ2) is 11.0. The fourth-order valence-electron chi connectivity index (χ4n) is 6.15. The molecule has 3 aromatic heterocycles. The van der Waals surface area contributed by atoms with Gasteiger partial charge in [-0.3, -0.25) is 14.8 Å². The van der Waals surface area contributed by atoms with Crippen LogP contribution in [-0.2, 0) is 10.2 Å². The first-order valence-corrected chi connectivity index (χ1v) is 14.3. The number of rotatable bonds is 8. The van der Waals surface area contributed by atoms with Gasteiger partial charge in [-0.15, -0.1) is 0 Å². The molecule has 0 aliphatic carbocycles. The minimum atomic E-state index is -0.657. The summed E-state index contributed by atoms with van der Waals surface area (Å²) in [5.41, 5.74) is 4.29. The van der Waals surface area contributed by atoms with Gasteiger partial charge in [-0.2, -0.15) is 0 Å². The molecule has 3 aromatic rings. The van der Waals surface area contributed by atoms with E-state index in [2.05, 4.69) is 47.5 Å². The molecule has 1 amide bonds. The number of likely N-dealkylation sites (tertiary alicyclic amines) is 1. The number of pyridine rings is 2. The molecule has 0 bridgehead atoms. The second-order valence-corrected chi connectivity index (χ2v) is 11.5. The zero-order chi connectivity index (χ0) is 27.7. The Bertz CT molecular complexity index is 1380. The number of aromatic nitrogens is 4. The van der Waals surface area contributed by atoms with E-state index in [1.807, 2.05) is 26.1 Å². The number of hydrogen-bond acceptors (Lipinski definition) is 9. The molecule has 2 fully saturated rings. The molecule has 3 aliphatic heterocycles. The van der Waals surface area contributed by atoms with Crippen LogP contribution in [0.15, 0.2) is 36.9 Å². The second-order valence-electron chi connectivity index (χ2n) is 11.5. The highest BCUT2D eigenvalue weighted by Crippen LogP contribution is 2.43. The summed E-state index contributed by atoms with van der Waals surface area (Å²) in [6, 6.07) is 6.23. The summed E-state index contributed by atoms with van der Waals surface area (Å²) in [5.74, 6) is 2.48. The third-order valence-corrected chi connectivity index (χ3v) is 8.54. The van der Waals surface area contributed by atoms with Gasteiger partial charge in [0.05, 0.1) is 41.4 Å². The predicted molar refractivity (Wildman–Crippen MR) is 156 cm³/mol. The summed E-state index contributed by atoms with van der Waals surface area (Å²) in [5, 5.41) is 6.63. The highest BCUT2D eigenvalue weighted by molar-refractivity contribution is 6.06. The highest BCUT2D eigenvalue weighted by Gasteiger charge is 2.43. The number of anilines is 3. The number of piperidine rings is 1. The number of hydrogen-bond donors (Lipinski definition) is 2. The van der Waals surface area contributed by atoms with E-state index in [1.165, 1.54) is 25.9 Å². The van der Waals surface area contributed by atoms with E-state index in [9.17, 15) is 4.79 Å². The molecule has 0 saturated carbocycles. The summed E-state index contributed by atoms with van der Waals surface area (Å²) in [4.78, 5) is 36.0. The van der Waals surface area contributed by atoms with Crippen molar-refractivity contribution in [1.29, 1.82) is 0 Å². The average molecular weight is 543 g/mol. The van der Waals surface area contributed by atoms with E-state index >= 15 is 0 Å². The van der Waals surface area contributed by atoms with Crippen LogP contribution in [0.3, 0.4) is 0 Å². The summed E-state index contributed by atoms with van der Waals surface area (Å²) in [6.07, 6.45) is 9.57. The Kier molecular flexibility index (Phi) is 7.27. The van der Waals surface area contributed by atoms with Gasteiger partial charge < -0.3 is 25.2 Å². The number of carbonyl (C=O) groups is 1. The minimum absolute atomic E-state index is 0.0307. The van der Waals surface area contributed by atoms with Crippen LogP contribution in [0.25, 0.3) is 11.3 Å². The van der Waals surface area contributed by atoms with Crippen LogP contribution in [0.5, 0.6) is 5.75 Å². The molecule has 2 N–H and O–H groups in total. The number of methoxy groups -OCH3 is 1. The zero-order valence-corrected chi connectivity index (χ0v) is 23.6. The van der Waals surface area contributed by atoms with Crippen molar-refractivity contribution in [3.8, 4) is 17.0 Å². The van der Waals surface area contributed by atoms with Gasteiger partial charge >= 0.3 is 0 Å². The van der Waals surface area contributed by atoms with E-state index in [-0.39, 0.29) is 5.91 Å². The summed E-state index contributed by atoms with van der Waals surface area (Å²) < 4.78 is 5.41. The summed E-state index contributed by atoms with van der Waals surface area (Å²) in [6.45, 7) is 9.87. The third-order valence-electron chi connectivity index (χ3n) is 8.54. The van der Waals surface area contributed by atoms with Crippen LogP contribution in [0.1, 0.15) is 56.7 Å². The number of ether oxygens (including phenoxy) is 1. The SMILES string of the molecule is COc1cncc(-c2ccc(NCCN3CCCC3)c(C3CCN(c4ncnc5c4C(C)(C)C(=O)N5)CC3)n2)c1. The van der Waals surface area contributed by atoms with Gasteiger partial charge in [0.2, 0.25) is 5.91 Å². The largest absolute Gasteiger partial charge is 0.495 e. The van der Waals surface area contributed by atoms with Crippen LogP contribution < -0.4 is 20.3 Å². The lowest BCUT2D eigenvalue weighted by Gasteiger charge is -2.35. The number of nitrogens with one attached hydrogen (secondary N) is 2. The Morgan fingerprint density at radius 3 is 2.67 bits per heavy atom. The molecule has 0 unspecified atom stereocenters. The Morgan fingerprint density at radius 2 is 1.90 bits per heavy atom. The van der Waals surface area contributed by atoms with Crippen molar-refractivity contribution in [2.75, 3.05) is 61.9 Å². The van der Waals surface area contributed by atoms with Gasteiger partial charge in [0, 0.05) is 43.9 Å². The number of fused-ring (bicyclic) bond motifs is 1. The van der Waals surface area contributed by atoms with Crippen LogP contribution in [0.4, 0.5) is 17.3 Å². The monoisotopic (exact) mass is 542 g/mol. The maximum Gasteiger partial charge on any atom is 0.235 e. The lowest BCUT2D eigenvalue weighted by atomic mass is 9.86. The molecule has 0 radical (unpaired) electrons. The average Bonchev–Trinajstić information content (AvgIpc) is 3.58. The number of amides is 1. The van der Waals surface area contributed by atoms with Crippen LogP contribution in [0, 0.1) is 0 Å². The zero-order valence-electron chi connectivity index (χ0n) is 23.6. The fourth-order valence-corrected chi connectivity index (χ4v) is 6.15. The molecule has 6 heterocycles. The van der Waals surface area contributed by atoms with Crippen LogP contribution in [0.2, 0.25) is 0 Å². The molecule has 6 rings (SSSR count). The van der Waals surface area contributed by atoms with Crippen molar-refractivity contribution in [1.82, 2.24) is 24.8 Å². The molecule has 10 nitrogen and oxygen atoms in total. The van der Waals surface area contributed by atoms with Crippen molar-refractivity contribution in [2.45, 2.75) is 50.9 Å². The number of carbonyl (C=O) groups excluding carboxylic acids is 1. The number of nitrogens with zero attached hydrogens (tertiary/aromatic N) is 6.